The van der Waals surface area contributed by atoms with Gasteiger partial charge < -0.3 is 15.2 Å². The molecule has 0 radical (unpaired) electrons. The maximum absolute atomic E-state index is 7.39. The first kappa shape index (κ1) is 11.5. The van der Waals surface area contributed by atoms with Gasteiger partial charge in [-0.25, -0.2) is 0 Å². The summed E-state index contributed by atoms with van der Waals surface area (Å²) in [7, 11) is 1.62. The van der Waals surface area contributed by atoms with E-state index in [4.69, 9.17) is 20.6 Å². The third-order valence-corrected chi connectivity index (χ3v) is 1.97. The van der Waals surface area contributed by atoms with Crippen molar-refractivity contribution < 1.29 is 9.47 Å². The molecule has 1 aromatic rings. The first-order chi connectivity index (χ1) is 7.15. The van der Waals surface area contributed by atoms with Gasteiger partial charge in [0.2, 0.25) is 0 Å². The number of rotatable bonds is 5. The van der Waals surface area contributed by atoms with Crippen molar-refractivity contribution in [2.45, 2.75) is 6.92 Å². The predicted octanol–water partition coefficient (Wildman–Crippen LogP) is 1.30. The van der Waals surface area contributed by atoms with Gasteiger partial charge in [0.1, 0.15) is 18.2 Å². The summed E-state index contributed by atoms with van der Waals surface area (Å²) in [4.78, 5) is 0. The van der Waals surface area contributed by atoms with Crippen molar-refractivity contribution in [2.24, 2.45) is 5.73 Å². The van der Waals surface area contributed by atoms with Crippen LogP contribution in [0.5, 0.6) is 5.75 Å². The number of nitrogens with one attached hydrogen (secondary N) is 1. The molecule has 0 saturated heterocycles. The maximum atomic E-state index is 7.39. The number of ether oxygens (including phenoxy) is 2. The van der Waals surface area contributed by atoms with Crippen molar-refractivity contribution in [3.05, 3.63) is 29.3 Å². The van der Waals surface area contributed by atoms with Gasteiger partial charge in [0.05, 0.1) is 12.2 Å². The Morgan fingerprint density at radius 1 is 1.40 bits per heavy atom. The van der Waals surface area contributed by atoms with Gasteiger partial charge in [0.25, 0.3) is 0 Å². The first-order valence-electron chi connectivity index (χ1n) is 4.72. The lowest BCUT2D eigenvalue weighted by molar-refractivity contribution is 0.146. The van der Waals surface area contributed by atoms with E-state index < -0.39 is 0 Å². The molecule has 0 amide bonds. The number of amidine groups is 1. The predicted molar refractivity (Wildman–Crippen MR) is 59.6 cm³/mol. The summed E-state index contributed by atoms with van der Waals surface area (Å²) in [6.45, 7) is 2.94. The summed E-state index contributed by atoms with van der Waals surface area (Å²) in [6.07, 6.45) is 0. The van der Waals surface area contributed by atoms with Gasteiger partial charge in [-0.2, -0.15) is 0 Å². The number of benzene rings is 1. The highest BCUT2D eigenvalue weighted by Crippen LogP contribution is 2.19. The first-order valence-corrected chi connectivity index (χ1v) is 4.72. The molecule has 0 aliphatic carbocycles. The van der Waals surface area contributed by atoms with Gasteiger partial charge >= 0.3 is 0 Å². The highest BCUT2D eigenvalue weighted by molar-refractivity contribution is 5.97. The van der Waals surface area contributed by atoms with Gasteiger partial charge in [-0.05, 0) is 24.6 Å². The zero-order valence-corrected chi connectivity index (χ0v) is 9.04. The molecule has 0 aromatic heterocycles. The lowest BCUT2D eigenvalue weighted by Gasteiger charge is -2.10. The minimum atomic E-state index is 0.0161. The average molecular weight is 208 g/mol. The van der Waals surface area contributed by atoms with Crippen LogP contribution in [0, 0.1) is 12.3 Å². The molecular formula is C11H16N2O2. The molecule has 0 fully saturated rings. The van der Waals surface area contributed by atoms with E-state index in [2.05, 4.69) is 0 Å². The Bertz CT molecular complexity index is 350. The van der Waals surface area contributed by atoms with Crippen molar-refractivity contribution in [1.82, 2.24) is 0 Å². The fourth-order valence-corrected chi connectivity index (χ4v) is 1.21. The van der Waals surface area contributed by atoms with E-state index in [1.807, 2.05) is 19.1 Å². The van der Waals surface area contributed by atoms with Gasteiger partial charge in [-0.3, -0.25) is 5.41 Å². The smallest absolute Gasteiger partial charge is 0.130 e. The normalized spacial score (nSPS) is 10.0. The van der Waals surface area contributed by atoms with Crippen molar-refractivity contribution in [3.63, 3.8) is 0 Å². The Balaban J connectivity index is 2.82. The molecule has 1 aromatic carbocycles. The molecule has 1 rings (SSSR count). The van der Waals surface area contributed by atoms with E-state index in [0.29, 0.717) is 24.5 Å². The van der Waals surface area contributed by atoms with E-state index in [9.17, 15) is 0 Å². The topological polar surface area (TPSA) is 68.3 Å². The van der Waals surface area contributed by atoms with Crippen LogP contribution in [0.25, 0.3) is 0 Å². The van der Waals surface area contributed by atoms with E-state index in [-0.39, 0.29) is 5.84 Å². The van der Waals surface area contributed by atoms with Crippen LogP contribution in [-0.4, -0.2) is 26.2 Å². The van der Waals surface area contributed by atoms with Crippen molar-refractivity contribution in [3.8, 4) is 5.75 Å². The molecule has 0 bridgehead atoms. The minimum Gasteiger partial charge on any atom is -0.490 e. The van der Waals surface area contributed by atoms with E-state index in [0.717, 1.165) is 5.56 Å². The Morgan fingerprint density at radius 2 is 2.13 bits per heavy atom. The van der Waals surface area contributed by atoms with Gasteiger partial charge in [-0.1, -0.05) is 6.07 Å². The van der Waals surface area contributed by atoms with Crippen LogP contribution in [0.3, 0.4) is 0 Å². The molecule has 4 nitrogen and oxygen atoms in total. The average Bonchev–Trinajstić information content (AvgIpc) is 2.18. The molecule has 0 saturated carbocycles. The van der Waals surface area contributed by atoms with Gasteiger partial charge in [-0.15, -0.1) is 0 Å². The van der Waals surface area contributed by atoms with Crippen LogP contribution in [-0.2, 0) is 4.74 Å². The number of nitrogen functional groups attached to an aromatic ring is 1. The number of aryl methyl sites for hydroxylation is 1. The molecule has 0 aliphatic heterocycles. The highest BCUT2D eigenvalue weighted by Gasteiger charge is 2.06. The third-order valence-electron chi connectivity index (χ3n) is 1.97. The number of methoxy groups -OCH3 is 1. The Morgan fingerprint density at radius 3 is 2.73 bits per heavy atom. The zero-order valence-electron chi connectivity index (χ0n) is 9.04. The van der Waals surface area contributed by atoms with Crippen LogP contribution in [0.1, 0.15) is 11.1 Å². The Hall–Kier alpha value is -1.55. The fraction of sp³-hybridized carbons (Fsp3) is 0.364. The van der Waals surface area contributed by atoms with Crippen LogP contribution in [0.15, 0.2) is 18.2 Å². The van der Waals surface area contributed by atoms with Gasteiger partial charge in [0, 0.05) is 7.11 Å². The van der Waals surface area contributed by atoms with Crippen LogP contribution in [0.2, 0.25) is 0 Å². The molecule has 0 heterocycles. The highest BCUT2D eigenvalue weighted by atomic mass is 16.5. The van der Waals surface area contributed by atoms with Crippen molar-refractivity contribution in [2.75, 3.05) is 20.3 Å². The largest absolute Gasteiger partial charge is 0.490 e. The Kier molecular flexibility index (Phi) is 4.12. The summed E-state index contributed by atoms with van der Waals surface area (Å²) < 4.78 is 10.4. The summed E-state index contributed by atoms with van der Waals surface area (Å²) in [6, 6.07) is 5.56. The van der Waals surface area contributed by atoms with E-state index in [1.165, 1.54) is 0 Å². The molecule has 0 unspecified atom stereocenters. The second kappa shape index (κ2) is 5.36. The van der Waals surface area contributed by atoms with E-state index in [1.54, 1.807) is 13.2 Å². The minimum absolute atomic E-state index is 0.0161. The number of nitrogens with two attached hydrogens (primary N) is 1. The third kappa shape index (κ3) is 3.25. The lowest BCUT2D eigenvalue weighted by atomic mass is 10.1. The lowest BCUT2D eigenvalue weighted by Crippen LogP contribution is -2.14. The Labute approximate surface area is 89.5 Å². The quantitative estimate of drug-likeness (QED) is 0.435. The fourth-order valence-electron chi connectivity index (χ4n) is 1.21. The van der Waals surface area contributed by atoms with Crippen molar-refractivity contribution in [1.29, 1.82) is 5.41 Å². The summed E-state index contributed by atoms with van der Waals surface area (Å²) in [5, 5.41) is 7.39. The van der Waals surface area contributed by atoms with E-state index >= 15 is 0 Å². The molecule has 15 heavy (non-hydrogen) atoms. The molecule has 0 atom stereocenters. The van der Waals surface area contributed by atoms with Crippen molar-refractivity contribution >= 4 is 5.84 Å². The summed E-state index contributed by atoms with van der Waals surface area (Å²) >= 11 is 0. The van der Waals surface area contributed by atoms with Crippen LogP contribution in [0.4, 0.5) is 0 Å². The number of hydrogen-bond donors (Lipinski definition) is 2. The van der Waals surface area contributed by atoms with Crippen LogP contribution >= 0.6 is 0 Å². The summed E-state index contributed by atoms with van der Waals surface area (Å²) in [5.41, 5.74) is 7.14. The number of hydrogen-bond acceptors (Lipinski definition) is 3. The van der Waals surface area contributed by atoms with Gasteiger partial charge in [0.15, 0.2) is 0 Å². The molecule has 3 N–H and O–H groups in total. The second-order valence-electron chi connectivity index (χ2n) is 3.25. The standard InChI is InChI=1S/C11H16N2O2/c1-8-3-4-9(11(12)13)10(7-8)15-6-5-14-2/h3-4,7H,5-6H2,1-2H3,(H3,12,13). The maximum Gasteiger partial charge on any atom is 0.130 e. The summed E-state index contributed by atoms with van der Waals surface area (Å²) in [5.74, 6) is 0.655. The molecule has 0 spiro atoms. The van der Waals surface area contributed by atoms with Crippen LogP contribution < -0.4 is 10.5 Å². The zero-order chi connectivity index (χ0) is 11.3. The molecule has 4 heteroatoms. The molecular weight excluding hydrogens is 192 g/mol. The molecule has 82 valence electrons. The second-order valence-corrected chi connectivity index (χ2v) is 3.25. The molecule has 0 aliphatic rings. The monoisotopic (exact) mass is 208 g/mol. The SMILES string of the molecule is COCCOc1cc(C)ccc1C(=N)N.